The molecule has 64 valence electrons. The molecule has 1 heterocycles. The Kier molecular flexibility index (Phi) is 4.26. The van der Waals surface area contributed by atoms with E-state index in [4.69, 9.17) is 9.90 Å². The maximum atomic E-state index is 10.5. The van der Waals surface area contributed by atoms with Gasteiger partial charge in [0.05, 0.1) is 0 Å². The van der Waals surface area contributed by atoms with Crippen LogP contribution in [0.5, 0.6) is 0 Å². The predicted octanol–water partition coefficient (Wildman–Crippen LogP) is -1.01. The van der Waals surface area contributed by atoms with E-state index in [9.17, 15) is 4.79 Å². The maximum absolute atomic E-state index is 10.5. The number of rotatable bonds is 0. The SMILES string of the molecule is CC(=O)[O-].CN1CCCC1=O. The largest absolute Gasteiger partial charge is 0.550 e. The number of nitrogens with zero attached hydrogens (tertiary/aromatic N) is 1. The summed E-state index contributed by atoms with van der Waals surface area (Å²) in [6.45, 7) is 1.93. The van der Waals surface area contributed by atoms with E-state index in [1.54, 1.807) is 4.90 Å². The van der Waals surface area contributed by atoms with Crippen molar-refractivity contribution in [2.75, 3.05) is 13.6 Å². The van der Waals surface area contributed by atoms with Crippen LogP contribution in [0.25, 0.3) is 0 Å². The molecule has 1 rings (SSSR count). The summed E-state index contributed by atoms with van der Waals surface area (Å²) in [7, 11) is 1.84. The molecule has 0 unspecified atom stereocenters. The van der Waals surface area contributed by atoms with Crippen molar-refractivity contribution in [2.45, 2.75) is 19.8 Å². The van der Waals surface area contributed by atoms with Crippen LogP contribution in [-0.4, -0.2) is 30.4 Å². The minimum Gasteiger partial charge on any atom is -0.550 e. The molecule has 0 saturated carbocycles. The summed E-state index contributed by atoms with van der Waals surface area (Å²) >= 11 is 0. The number of carbonyl (C=O) groups excluding carboxylic acids is 2. The number of carboxylic acids is 1. The van der Waals surface area contributed by atoms with Crippen molar-refractivity contribution in [1.82, 2.24) is 4.90 Å². The summed E-state index contributed by atoms with van der Waals surface area (Å²) < 4.78 is 0. The second-order valence-corrected chi connectivity index (χ2v) is 2.41. The summed E-state index contributed by atoms with van der Waals surface area (Å²) in [5.74, 6) is -0.792. The molecule has 0 spiro atoms. The lowest BCUT2D eigenvalue weighted by molar-refractivity contribution is -0.302. The molecule has 0 aromatic rings. The number of hydrogen-bond acceptors (Lipinski definition) is 3. The van der Waals surface area contributed by atoms with Crippen LogP contribution >= 0.6 is 0 Å². The van der Waals surface area contributed by atoms with Gasteiger partial charge in [0.25, 0.3) is 0 Å². The van der Waals surface area contributed by atoms with Crippen molar-refractivity contribution in [1.29, 1.82) is 0 Å². The lowest BCUT2D eigenvalue weighted by Crippen LogP contribution is -2.17. The molecule has 0 aliphatic carbocycles. The van der Waals surface area contributed by atoms with E-state index in [1.807, 2.05) is 7.05 Å². The van der Waals surface area contributed by atoms with Gasteiger partial charge >= 0.3 is 0 Å². The average Bonchev–Trinajstić information content (AvgIpc) is 2.15. The first-order valence-electron chi connectivity index (χ1n) is 3.45. The second-order valence-electron chi connectivity index (χ2n) is 2.41. The fourth-order valence-electron chi connectivity index (χ4n) is 0.783. The number of aliphatic carboxylic acids is 1. The number of carboxylic acid groups (broad SMARTS) is 1. The first-order chi connectivity index (χ1) is 5.04. The summed E-state index contributed by atoms with van der Waals surface area (Å²) in [5, 5.41) is 8.89. The third kappa shape index (κ3) is 5.39. The standard InChI is InChI=1S/C5H9NO.C2H4O2/c1-6-4-2-3-5(6)7;1-2(3)4/h2-4H2,1H3;1H3,(H,3,4)/p-1. The number of hydrogen-bond donors (Lipinski definition) is 0. The molecule has 1 aliphatic heterocycles. The van der Waals surface area contributed by atoms with Crippen LogP contribution in [0.3, 0.4) is 0 Å². The molecule has 11 heavy (non-hydrogen) atoms. The van der Waals surface area contributed by atoms with Crippen molar-refractivity contribution in [3.05, 3.63) is 0 Å². The molecule has 0 bridgehead atoms. The van der Waals surface area contributed by atoms with Gasteiger partial charge in [0, 0.05) is 26.0 Å². The Bertz CT molecular complexity index is 152. The molecule has 1 fully saturated rings. The summed E-state index contributed by atoms with van der Waals surface area (Å²) in [6.07, 6.45) is 1.81. The highest BCUT2D eigenvalue weighted by molar-refractivity contribution is 5.77. The van der Waals surface area contributed by atoms with E-state index >= 15 is 0 Å². The van der Waals surface area contributed by atoms with E-state index < -0.39 is 5.97 Å². The zero-order valence-corrected chi connectivity index (χ0v) is 6.79. The van der Waals surface area contributed by atoms with E-state index in [1.165, 1.54) is 0 Å². The average molecular weight is 158 g/mol. The molecule has 4 nitrogen and oxygen atoms in total. The van der Waals surface area contributed by atoms with E-state index in [0.29, 0.717) is 5.91 Å². The molecule has 4 heteroatoms. The minimum absolute atomic E-state index is 0.292. The molecular formula is C7H12NO3-. The first-order valence-corrected chi connectivity index (χ1v) is 3.45. The van der Waals surface area contributed by atoms with Gasteiger partial charge in [0.15, 0.2) is 0 Å². The Morgan fingerprint density at radius 2 is 2.09 bits per heavy atom. The summed E-state index contributed by atoms with van der Waals surface area (Å²) in [5.41, 5.74) is 0. The lowest BCUT2D eigenvalue weighted by Gasteiger charge is -2.03. The highest BCUT2D eigenvalue weighted by Gasteiger charge is 2.14. The third-order valence-corrected chi connectivity index (χ3v) is 1.31. The monoisotopic (exact) mass is 158 g/mol. The number of likely N-dealkylation sites (tertiary alicyclic amines) is 1. The predicted molar refractivity (Wildman–Crippen MR) is 37.6 cm³/mol. The zero-order chi connectivity index (χ0) is 8.85. The Hall–Kier alpha value is -1.06. The molecule has 0 radical (unpaired) electrons. The van der Waals surface area contributed by atoms with Crippen LogP contribution in [0.1, 0.15) is 19.8 Å². The first kappa shape index (κ1) is 9.94. The lowest BCUT2D eigenvalue weighted by atomic mass is 10.4. The molecule has 0 aromatic carbocycles. The highest BCUT2D eigenvalue weighted by atomic mass is 16.4. The van der Waals surface area contributed by atoms with Crippen LogP contribution < -0.4 is 5.11 Å². The summed E-state index contributed by atoms with van der Waals surface area (Å²) in [6, 6.07) is 0. The van der Waals surface area contributed by atoms with Crippen LogP contribution in [0, 0.1) is 0 Å². The van der Waals surface area contributed by atoms with E-state index in [0.717, 1.165) is 26.3 Å². The zero-order valence-electron chi connectivity index (χ0n) is 6.79. The van der Waals surface area contributed by atoms with Gasteiger partial charge in [-0.05, 0) is 13.3 Å². The van der Waals surface area contributed by atoms with Gasteiger partial charge in [-0.1, -0.05) is 0 Å². The van der Waals surface area contributed by atoms with Crippen molar-refractivity contribution < 1.29 is 14.7 Å². The quantitative estimate of drug-likeness (QED) is 0.454. The van der Waals surface area contributed by atoms with E-state index in [-0.39, 0.29) is 0 Å². The Morgan fingerprint density at radius 1 is 1.64 bits per heavy atom. The number of carbonyl (C=O) groups is 2. The van der Waals surface area contributed by atoms with Gasteiger partial charge < -0.3 is 14.8 Å². The van der Waals surface area contributed by atoms with Crippen LogP contribution in [0.4, 0.5) is 0 Å². The third-order valence-electron chi connectivity index (χ3n) is 1.31. The van der Waals surface area contributed by atoms with Crippen LogP contribution in [0.15, 0.2) is 0 Å². The molecule has 0 aromatic heterocycles. The Labute approximate surface area is 65.8 Å². The smallest absolute Gasteiger partial charge is 0.222 e. The van der Waals surface area contributed by atoms with Crippen LogP contribution in [0.2, 0.25) is 0 Å². The van der Waals surface area contributed by atoms with Gasteiger partial charge in [0.2, 0.25) is 5.91 Å². The van der Waals surface area contributed by atoms with Gasteiger partial charge in [-0.15, -0.1) is 0 Å². The van der Waals surface area contributed by atoms with Crippen molar-refractivity contribution in [3.8, 4) is 0 Å². The minimum atomic E-state index is -1.08. The topological polar surface area (TPSA) is 60.4 Å². The Morgan fingerprint density at radius 3 is 2.18 bits per heavy atom. The molecule has 1 aliphatic rings. The molecule has 0 atom stereocenters. The van der Waals surface area contributed by atoms with Crippen molar-refractivity contribution >= 4 is 11.9 Å². The van der Waals surface area contributed by atoms with Crippen LogP contribution in [-0.2, 0) is 9.59 Å². The van der Waals surface area contributed by atoms with E-state index in [2.05, 4.69) is 0 Å². The van der Waals surface area contributed by atoms with Gasteiger partial charge in [0.1, 0.15) is 0 Å². The molecular weight excluding hydrogens is 146 g/mol. The fraction of sp³-hybridized carbons (Fsp3) is 0.714. The summed E-state index contributed by atoms with van der Waals surface area (Å²) in [4.78, 5) is 21.2. The van der Waals surface area contributed by atoms with Gasteiger partial charge in [-0.25, -0.2) is 0 Å². The number of amides is 1. The van der Waals surface area contributed by atoms with Crippen molar-refractivity contribution in [3.63, 3.8) is 0 Å². The van der Waals surface area contributed by atoms with Gasteiger partial charge in [-0.2, -0.15) is 0 Å². The highest BCUT2D eigenvalue weighted by Crippen LogP contribution is 2.04. The normalized spacial score (nSPS) is 15.8. The van der Waals surface area contributed by atoms with Crippen molar-refractivity contribution in [2.24, 2.45) is 0 Å². The van der Waals surface area contributed by atoms with Gasteiger partial charge in [-0.3, -0.25) is 4.79 Å². The Balaban J connectivity index is 0.000000218. The fourth-order valence-corrected chi connectivity index (χ4v) is 0.783. The molecule has 1 amide bonds. The molecule has 1 saturated heterocycles. The molecule has 0 N–H and O–H groups in total. The maximum Gasteiger partial charge on any atom is 0.222 e. The second kappa shape index (κ2) is 4.71.